The van der Waals surface area contributed by atoms with Gasteiger partial charge in [-0.1, -0.05) is 19.3 Å². The molecular formula is C13H17BrN2. The van der Waals surface area contributed by atoms with E-state index < -0.39 is 0 Å². The minimum Gasteiger partial charge on any atom is -0.354 e. The van der Waals surface area contributed by atoms with Gasteiger partial charge in [0.05, 0.1) is 4.47 Å². The van der Waals surface area contributed by atoms with Crippen LogP contribution in [0.15, 0.2) is 22.8 Å². The molecule has 0 unspecified atom stereocenters. The van der Waals surface area contributed by atoms with Crippen molar-refractivity contribution in [2.24, 2.45) is 5.41 Å². The van der Waals surface area contributed by atoms with Crippen molar-refractivity contribution in [3.63, 3.8) is 0 Å². The van der Waals surface area contributed by atoms with Crippen LogP contribution in [0.4, 0.5) is 5.82 Å². The highest BCUT2D eigenvalue weighted by Gasteiger charge is 2.44. The molecule has 0 N–H and O–H groups in total. The Morgan fingerprint density at radius 1 is 1.19 bits per heavy atom. The molecule has 1 aromatic heterocycles. The summed E-state index contributed by atoms with van der Waals surface area (Å²) in [7, 11) is 0. The minimum atomic E-state index is 0.634. The summed E-state index contributed by atoms with van der Waals surface area (Å²) < 4.78 is 1.13. The summed E-state index contributed by atoms with van der Waals surface area (Å²) in [4.78, 5) is 6.87. The fourth-order valence-electron chi connectivity index (χ4n) is 3.14. The first-order chi connectivity index (χ1) is 7.79. The number of anilines is 1. The first-order valence-corrected chi connectivity index (χ1v) is 6.94. The molecule has 1 saturated heterocycles. The monoisotopic (exact) mass is 280 g/mol. The Labute approximate surface area is 105 Å². The molecule has 3 rings (SSSR count). The Hall–Kier alpha value is -0.570. The van der Waals surface area contributed by atoms with Crippen molar-refractivity contribution in [1.82, 2.24) is 4.98 Å². The lowest BCUT2D eigenvalue weighted by atomic mass is 9.69. The average Bonchev–Trinajstić information content (AvgIpc) is 2.28. The van der Waals surface area contributed by atoms with E-state index in [0.29, 0.717) is 5.41 Å². The molecule has 0 aromatic carbocycles. The van der Waals surface area contributed by atoms with Gasteiger partial charge in [-0.15, -0.1) is 0 Å². The van der Waals surface area contributed by atoms with Gasteiger partial charge in [-0.05, 0) is 40.9 Å². The van der Waals surface area contributed by atoms with Crippen LogP contribution in [-0.2, 0) is 0 Å². The van der Waals surface area contributed by atoms with Gasteiger partial charge in [-0.2, -0.15) is 0 Å². The van der Waals surface area contributed by atoms with Crippen LogP contribution < -0.4 is 4.90 Å². The van der Waals surface area contributed by atoms with Crippen molar-refractivity contribution in [2.45, 2.75) is 32.1 Å². The standard InChI is InChI=1S/C13H17BrN2/c14-11-5-4-8-15-12(11)16-9-13(10-16)6-2-1-3-7-13/h4-5,8H,1-3,6-7,9-10H2. The van der Waals surface area contributed by atoms with E-state index >= 15 is 0 Å². The van der Waals surface area contributed by atoms with Crippen LogP contribution in [0.25, 0.3) is 0 Å². The zero-order chi connectivity index (χ0) is 11.0. The van der Waals surface area contributed by atoms with Crippen LogP contribution in [0.3, 0.4) is 0 Å². The fraction of sp³-hybridized carbons (Fsp3) is 0.615. The summed E-state index contributed by atoms with van der Waals surface area (Å²) in [6.45, 7) is 2.42. The Morgan fingerprint density at radius 2 is 1.94 bits per heavy atom. The molecule has 16 heavy (non-hydrogen) atoms. The van der Waals surface area contributed by atoms with E-state index in [9.17, 15) is 0 Å². The number of pyridine rings is 1. The highest BCUT2D eigenvalue weighted by Crippen LogP contribution is 2.45. The van der Waals surface area contributed by atoms with Crippen LogP contribution >= 0.6 is 15.9 Å². The SMILES string of the molecule is Brc1cccnc1N1CC2(CCCCC2)C1. The van der Waals surface area contributed by atoms with Gasteiger partial charge in [-0.3, -0.25) is 0 Å². The van der Waals surface area contributed by atoms with E-state index in [-0.39, 0.29) is 0 Å². The van der Waals surface area contributed by atoms with E-state index in [0.717, 1.165) is 10.3 Å². The molecule has 2 heterocycles. The molecule has 86 valence electrons. The van der Waals surface area contributed by atoms with E-state index in [1.807, 2.05) is 12.3 Å². The zero-order valence-corrected chi connectivity index (χ0v) is 11.0. The van der Waals surface area contributed by atoms with Gasteiger partial charge in [0.15, 0.2) is 0 Å². The molecule has 2 nitrogen and oxygen atoms in total. The lowest BCUT2D eigenvalue weighted by Gasteiger charge is -2.53. The molecule has 0 bridgehead atoms. The third-order valence-electron chi connectivity index (χ3n) is 4.01. The third kappa shape index (κ3) is 1.75. The van der Waals surface area contributed by atoms with Crippen LogP contribution in [-0.4, -0.2) is 18.1 Å². The van der Waals surface area contributed by atoms with Crippen molar-refractivity contribution in [3.8, 4) is 0 Å². The minimum absolute atomic E-state index is 0.634. The van der Waals surface area contributed by atoms with E-state index in [1.165, 1.54) is 45.2 Å². The Balaban J connectivity index is 1.71. The number of hydrogen-bond donors (Lipinski definition) is 0. The molecule has 2 aliphatic rings. The number of rotatable bonds is 1. The van der Waals surface area contributed by atoms with Gasteiger partial charge in [-0.25, -0.2) is 4.98 Å². The molecule has 1 spiro atoms. The van der Waals surface area contributed by atoms with Crippen molar-refractivity contribution < 1.29 is 0 Å². The average molecular weight is 281 g/mol. The highest BCUT2D eigenvalue weighted by atomic mass is 79.9. The largest absolute Gasteiger partial charge is 0.354 e. The van der Waals surface area contributed by atoms with E-state index in [1.54, 1.807) is 0 Å². The predicted octanol–water partition coefficient (Wildman–Crippen LogP) is 3.61. The van der Waals surface area contributed by atoms with Crippen LogP contribution in [0, 0.1) is 5.41 Å². The molecule has 1 aromatic rings. The molecule has 0 amide bonds. The van der Waals surface area contributed by atoms with Crippen LogP contribution in [0.2, 0.25) is 0 Å². The smallest absolute Gasteiger partial charge is 0.142 e. The fourth-order valence-corrected chi connectivity index (χ4v) is 3.65. The molecule has 0 atom stereocenters. The lowest BCUT2D eigenvalue weighted by molar-refractivity contribution is 0.138. The van der Waals surface area contributed by atoms with Gasteiger partial charge >= 0.3 is 0 Å². The quantitative estimate of drug-likeness (QED) is 0.781. The molecule has 1 aliphatic heterocycles. The van der Waals surface area contributed by atoms with Crippen molar-refractivity contribution in [3.05, 3.63) is 22.8 Å². The Bertz CT molecular complexity index is 377. The number of nitrogens with zero attached hydrogens (tertiary/aromatic N) is 2. The highest BCUT2D eigenvalue weighted by molar-refractivity contribution is 9.10. The molecule has 0 radical (unpaired) electrons. The second-order valence-electron chi connectivity index (χ2n) is 5.23. The summed E-state index contributed by atoms with van der Waals surface area (Å²) in [6.07, 6.45) is 9.03. The molecule has 3 heteroatoms. The van der Waals surface area contributed by atoms with E-state index in [2.05, 4.69) is 31.9 Å². The predicted molar refractivity (Wildman–Crippen MR) is 69.7 cm³/mol. The summed E-state index contributed by atoms with van der Waals surface area (Å²) in [6, 6.07) is 4.05. The second kappa shape index (κ2) is 4.02. The summed E-state index contributed by atoms with van der Waals surface area (Å²) in [5.41, 5.74) is 0.634. The molecule has 2 fully saturated rings. The third-order valence-corrected chi connectivity index (χ3v) is 4.62. The van der Waals surface area contributed by atoms with Crippen molar-refractivity contribution >= 4 is 21.7 Å². The van der Waals surface area contributed by atoms with Gasteiger partial charge < -0.3 is 4.90 Å². The normalized spacial score (nSPS) is 23.2. The zero-order valence-electron chi connectivity index (χ0n) is 9.45. The van der Waals surface area contributed by atoms with Crippen molar-refractivity contribution in [2.75, 3.05) is 18.0 Å². The molecule has 1 aliphatic carbocycles. The molecule has 1 saturated carbocycles. The summed E-state index contributed by atoms with van der Waals surface area (Å²) >= 11 is 3.58. The topological polar surface area (TPSA) is 16.1 Å². The number of hydrogen-bond acceptors (Lipinski definition) is 2. The Morgan fingerprint density at radius 3 is 2.62 bits per heavy atom. The lowest BCUT2D eigenvalue weighted by Crippen LogP contribution is -2.57. The Kier molecular flexibility index (Phi) is 2.66. The van der Waals surface area contributed by atoms with E-state index in [4.69, 9.17) is 0 Å². The first kappa shape index (κ1) is 10.6. The van der Waals surface area contributed by atoms with Gasteiger partial charge in [0, 0.05) is 24.7 Å². The van der Waals surface area contributed by atoms with Gasteiger partial charge in [0.2, 0.25) is 0 Å². The van der Waals surface area contributed by atoms with Crippen molar-refractivity contribution in [1.29, 1.82) is 0 Å². The maximum Gasteiger partial charge on any atom is 0.142 e. The number of halogens is 1. The van der Waals surface area contributed by atoms with Gasteiger partial charge in [0.25, 0.3) is 0 Å². The molecular weight excluding hydrogens is 264 g/mol. The first-order valence-electron chi connectivity index (χ1n) is 6.15. The number of aromatic nitrogens is 1. The van der Waals surface area contributed by atoms with Crippen LogP contribution in [0.1, 0.15) is 32.1 Å². The maximum atomic E-state index is 4.46. The maximum absolute atomic E-state index is 4.46. The summed E-state index contributed by atoms with van der Waals surface area (Å²) in [5.74, 6) is 1.12. The summed E-state index contributed by atoms with van der Waals surface area (Å²) in [5, 5.41) is 0. The van der Waals surface area contributed by atoms with Gasteiger partial charge in [0.1, 0.15) is 5.82 Å². The van der Waals surface area contributed by atoms with Crippen LogP contribution in [0.5, 0.6) is 0 Å². The second-order valence-corrected chi connectivity index (χ2v) is 6.08.